The predicted octanol–water partition coefficient (Wildman–Crippen LogP) is 2.66. The Morgan fingerprint density at radius 1 is 1.44 bits per heavy atom. The minimum atomic E-state index is -0.849. The summed E-state index contributed by atoms with van der Waals surface area (Å²) >= 11 is 0. The van der Waals surface area contributed by atoms with E-state index >= 15 is 0 Å². The largest absolute Gasteiger partial charge is 0.478 e. The maximum atomic E-state index is 12.6. The summed E-state index contributed by atoms with van der Waals surface area (Å²) in [5.74, 6) is 0.102. The number of aliphatic carboxylic acids is 1. The molecular formula is C15H20O3. The van der Waals surface area contributed by atoms with Crippen molar-refractivity contribution < 1.29 is 14.7 Å². The van der Waals surface area contributed by atoms with Gasteiger partial charge in [-0.2, -0.15) is 0 Å². The van der Waals surface area contributed by atoms with Gasteiger partial charge in [-0.15, -0.1) is 0 Å². The van der Waals surface area contributed by atoms with E-state index in [1.807, 2.05) is 13.0 Å². The van der Waals surface area contributed by atoms with E-state index in [-0.39, 0.29) is 11.3 Å². The first kappa shape index (κ1) is 11.9. The third kappa shape index (κ3) is 1.03. The maximum absolute atomic E-state index is 12.6. The standard InChI is InChI=1S/C15H20O3/c1-8-6-12(16)15-9(2)10(13(17)18)7-14(15,3)5-4-11(8)15/h7-9,11H,4-6H2,1-3H3,(H,17,18)/t8-,9?,11+,14+,15?/m1/s1. The first-order valence-corrected chi connectivity index (χ1v) is 6.84. The van der Waals surface area contributed by atoms with Crippen LogP contribution in [0, 0.1) is 28.6 Å². The summed E-state index contributed by atoms with van der Waals surface area (Å²) in [5.41, 5.74) is -0.183. The SMILES string of the molecule is CC1C(C(=O)O)=C[C@]2(C)CC[C@H]3[C@H](C)CC(=O)C132. The second kappa shape index (κ2) is 3.25. The molecule has 0 aliphatic heterocycles. The van der Waals surface area contributed by atoms with Gasteiger partial charge >= 0.3 is 5.97 Å². The number of hydrogen-bond acceptors (Lipinski definition) is 2. The van der Waals surface area contributed by atoms with Crippen LogP contribution < -0.4 is 0 Å². The molecule has 0 amide bonds. The molecule has 98 valence electrons. The summed E-state index contributed by atoms with van der Waals surface area (Å²) in [6, 6.07) is 0. The smallest absolute Gasteiger partial charge is 0.331 e. The van der Waals surface area contributed by atoms with Crippen molar-refractivity contribution in [1.82, 2.24) is 0 Å². The number of carbonyl (C=O) groups excluding carboxylic acids is 1. The van der Waals surface area contributed by atoms with Crippen LogP contribution in [0.25, 0.3) is 0 Å². The highest BCUT2D eigenvalue weighted by molar-refractivity contribution is 5.96. The highest BCUT2D eigenvalue weighted by Gasteiger charge is 2.71. The van der Waals surface area contributed by atoms with Gasteiger partial charge in [0.2, 0.25) is 0 Å². The molecule has 2 unspecified atom stereocenters. The average Bonchev–Trinajstić information content (AvgIpc) is 2.79. The van der Waals surface area contributed by atoms with Crippen molar-refractivity contribution in [2.45, 2.75) is 40.0 Å². The molecule has 0 radical (unpaired) electrons. The van der Waals surface area contributed by atoms with E-state index in [4.69, 9.17) is 0 Å². The lowest BCUT2D eigenvalue weighted by Gasteiger charge is -2.40. The van der Waals surface area contributed by atoms with Crippen molar-refractivity contribution in [2.24, 2.45) is 28.6 Å². The minimum Gasteiger partial charge on any atom is -0.478 e. The van der Waals surface area contributed by atoms with E-state index in [1.54, 1.807) is 0 Å². The second-order valence-electron chi connectivity index (χ2n) is 6.66. The van der Waals surface area contributed by atoms with E-state index < -0.39 is 11.4 Å². The molecule has 0 aromatic rings. The molecule has 0 aromatic heterocycles. The van der Waals surface area contributed by atoms with Gasteiger partial charge in [0.05, 0.1) is 0 Å². The molecule has 3 heteroatoms. The van der Waals surface area contributed by atoms with E-state index in [0.717, 1.165) is 12.8 Å². The van der Waals surface area contributed by atoms with Crippen molar-refractivity contribution >= 4 is 11.8 Å². The molecule has 1 spiro atoms. The maximum Gasteiger partial charge on any atom is 0.331 e. The quantitative estimate of drug-likeness (QED) is 0.776. The van der Waals surface area contributed by atoms with Crippen LogP contribution in [0.1, 0.15) is 40.0 Å². The van der Waals surface area contributed by atoms with Gasteiger partial charge in [-0.25, -0.2) is 4.79 Å². The molecule has 3 aliphatic rings. The second-order valence-corrected chi connectivity index (χ2v) is 6.66. The van der Waals surface area contributed by atoms with Crippen LogP contribution in [-0.2, 0) is 9.59 Å². The zero-order valence-corrected chi connectivity index (χ0v) is 11.2. The zero-order valence-electron chi connectivity index (χ0n) is 11.2. The van der Waals surface area contributed by atoms with Gasteiger partial charge in [0.25, 0.3) is 0 Å². The Bertz CT molecular complexity index is 478. The third-order valence-electron chi connectivity index (χ3n) is 6.03. The fourth-order valence-electron chi connectivity index (χ4n) is 5.38. The van der Waals surface area contributed by atoms with Crippen molar-refractivity contribution in [3.8, 4) is 0 Å². The van der Waals surface area contributed by atoms with Crippen molar-refractivity contribution in [3.05, 3.63) is 11.6 Å². The van der Waals surface area contributed by atoms with Crippen LogP contribution in [-0.4, -0.2) is 16.9 Å². The number of carboxylic acids is 1. The van der Waals surface area contributed by atoms with Crippen LogP contribution in [0.15, 0.2) is 11.6 Å². The van der Waals surface area contributed by atoms with E-state index in [2.05, 4.69) is 13.8 Å². The Hall–Kier alpha value is -1.12. The number of rotatable bonds is 1. The average molecular weight is 248 g/mol. The molecule has 3 aliphatic carbocycles. The molecule has 0 aromatic carbocycles. The topological polar surface area (TPSA) is 54.4 Å². The Balaban J connectivity index is 2.18. The minimum absolute atomic E-state index is 0.134. The Morgan fingerprint density at radius 2 is 2.11 bits per heavy atom. The molecule has 0 heterocycles. The van der Waals surface area contributed by atoms with Gasteiger partial charge < -0.3 is 5.11 Å². The van der Waals surface area contributed by atoms with Gasteiger partial charge in [-0.1, -0.05) is 26.8 Å². The number of hydrogen-bond donors (Lipinski definition) is 1. The Kier molecular flexibility index (Phi) is 2.16. The van der Waals surface area contributed by atoms with Gasteiger partial charge in [0.15, 0.2) is 0 Å². The summed E-state index contributed by atoms with van der Waals surface area (Å²) in [4.78, 5) is 24.0. The summed E-state index contributed by atoms with van der Waals surface area (Å²) in [6.07, 6.45) is 4.55. The summed E-state index contributed by atoms with van der Waals surface area (Å²) < 4.78 is 0. The molecule has 0 saturated heterocycles. The summed E-state index contributed by atoms with van der Waals surface area (Å²) in [7, 11) is 0. The van der Waals surface area contributed by atoms with Gasteiger partial charge in [-0.05, 0) is 30.1 Å². The van der Waals surface area contributed by atoms with Crippen LogP contribution >= 0.6 is 0 Å². The lowest BCUT2D eigenvalue weighted by molar-refractivity contribution is -0.135. The predicted molar refractivity (Wildman–Crippen MR) is 66.9 cm³/mol. The molecule has 18 heavy (non-hydrogen) atoms. The van der Waals surface area contributed by atoms with Crippen LogP contribution in [0.4, 0.5) is 0 Å². The van der Waals surface area contributed by atoms with Crippen molar-refractivity contribution in [2.75, 3.05) is 0 Å². The van der Waals surface area contributed by atoms with E-state index in [9.17, 15) is 14.7 Å². The fourth-order valence-corrected chi connectivity index (χ4v) is 5.38. The molecule has 2 fully saturated rings. The number of ketones is 1. The molecule has 3 rings (SSSR count). The van der Waals surface area contributed by atoms with Crippen molar-refractivity contribution in [1.29, 1.82) is 0 Å². The van der Waals surface area contributed by atoms with E-state index in [1.165, 1.54) is 0 Å². The monoisotopic (exact) mass is 248 g/mol. The zero-order chi connectivity index (χ0) is 13.3. The van der Waals surface area contributed by atoms with Gasteiger partial charge in [0.1, 0.15) is 5.78 Å². The molecular weight excluding hydrogens is 228 g/mol. The van der Waals surface area contributed by atoms with Crippen molar-refractivity contribution in [3.63, 3.8) is 0 Å². The first-order valence-electron chi connectivity index (χ1n) is 6.84. The van der Waals surface area contributed by atoms with Gasteiger partial charge in [-0.3, -0.25) is 4.79 Å². The third-order valence-corrected chi connectivity index (χ3v) is 6.03. The molecule has 1 N–H and O–H groups in total. The fraction of sp³-hybridized carbons (Fsp3) is 0.733. The highest BCUT2D eigenvalue weighted by atomic mass is 16.4. The van der Waals surface area contributed by atoms with Gasteiger partial charge in [0, 0.05) is 23.3 Å². The lowest BCUT2D eigenvalue weighted by atomic mass is 9.60. The summed E-state index contributed by atoms with van der Waals surface area (Å²) in [5, 5.41) is 9.34. The summed E-state index contributed by atoms with van der Waals surface area (Å²) in [6.45, 7) is 6.18. The number of carbonyl (C=O) groups is 2. The molecule has 2 saturated carbocycles. The number of carboxylic acid groups (broad SMARTS) is 1. The van der Waals surface area contributed by atoms with Crippen LogP contribution in [0.5, 0.6) is 0 Å². The normalized spacial score (nSPS) is 50.1. The molecule has 5 atom stereocenters. The van der Waals surface area contributed by atoms with E-state index in [0.29, 0.717) is 29.6 Å². The highest BCUT2D eigenvalue weighted by Crippen LogP contribution is 2.71. The first-order chi connectivity index (χ1) is 8.34. The van der Waals surface area contributed by atoms with Crippen LogP contribution in [0.2, 0.25) is 0 Å². The Morgan fingerprint density at radius 3 is 2.72 bits per heavy atom. The Labute approximate surface area is 107 Å². The van der Waals surface area contributed by atoms with Crippen LogP contribution in [0.3, 0.4) is 0 Å². The number of Topliss-reactive ketones (excluding diaryl/α,β-unsaturated/α-hetero) is 1. The number of allylic oxidation sites excluding steroid dienone is 1. The molecule has 3 nitrogen and oxygen atoms in total. The molecule has 0 bridgehead atoms. The lowest BCUT2D eigenvalue weighted by Crippen LogP contribution is -2.43.